The number of H-pyrrole nitrogens is 1. The Hall–Kier alpha value is -1.42. The van der Waals surface area contributed by atoms with Gasteiger partial charge >= 0.3 is 5.97 Å². The third-order valence-corrected chi connectivity index (χ3v) is 5.36. The van der Waals surface area contributed by atoms with E-state index in [0.717, 1.165) is 37.6 Å². The van der Waals surface area contributed by atoms with Gasteiger partial charge in [-0.15, -0.1) is 0 Å². The van der Waals surface area contributed by atoms with Gasteiger partial charge < -0.3 is 14.4 Å². The summed E-state index contributed by atoms with van der Waals surface area (Å²) in [4.78, 5) is 14.0. The van der Waals surface area contributed by atoms with E-state index in [0.29, 0.717) is 10.2 Å². The third-order valence-electron chi connectivity index (χ3n) is 4.00. The van der Waals surface area contributed by atoms with Crippen LogP contribution in [0.15, 0.2) is 28.7 Å². The van der Waals surface area contributed by atoms with E-state index in [-0.39, 0.29) is 18.4 Å². The first-order chi connectivity index (χ1) is 12.6. The fourth-order valence-corrected chi connectivity index (χ4v) is 3.31. The van der Waals surface area contributed by atoms with Crippen molar-refractivity contribution in [2.45, 2.75) is 6.61 Å². The number of esters is 1. The Bertz CT molecular complexity index is 750. The summed E-state index contributed by atoms with van der Waals surface area (Å²) in [6.07, 6.45) is 0. The van der Waals surface area contributed by atoms with Crippen molar-refractivity contribution >= 4 is 52.0 Å². The molecule has 2 aromatic rings. The molecule has 1 aromatic carbocycles. The number of alkyl halides is 1. The van der Waals surface area contributed by atoms with Gasteiger partial charge in [0.25, 0.3) is 0 Å². The number of carbonyl (C=O) groups excluding carboxylic acids is 1. The van der Waals surface area contributed by atoms with Crippen LogP contribution in [-0.2, 0) is 11.3 Å². The molecule has 1 aliphatic rings. The predicted octanol–water partition coefficient (Wildman–Crippen LogP) is 3.07. The molecular weight excluding hydrogens is 444 g/mol. The predicted molar refractivity (Wildman–Crippen MR) is 106 cm³/mol. The van der Waals surface area contributed by atoms with Crippen molar-refractivity contribution in [1.82, 2.24) is 14.5 Å². The van der Waals surface area contributed by atoms with Crippen molar-refractivity contribution in [2.24, 2.45) is 0 Å². The summed E-state index contributed by atoms with van der Waals surface area (Å²) in [5.41, 5.74) is 1.94. The fourth-order valence-electron chi connectivity index (χ4n) is 2.58. The number of hydrogen-bond acceptors (Lipinski definition) is 7. The largest absolute Gasteiger partial charge is 0.487 e. The lowest BCUT2D eigenvalue weighted by molar-refractivity contribution is 0.0566. The normalized spacial score (nSPS) is 15.1. The molecule has 1 N–H and O–H groups in total. The Morgan fingerprint density at radius 3 is 2.62 bits per heavy atom. The van der Waals surface area contributed by atoms with Crippen LogP contribution in [0.5, 0.6) is 5.75 Å². The molecule has 1 aromatic heterocycles. The molecule has 0 atom stereocenters. The lowest BCUT2D eigenvalue weighted by Gasteiger charge is -2.33. The van der Waals surface area contributed by atoms with E-state index in [1.165, 1.54) is 0 Å². The number of ether oxygens (including phenoxy) is 2. The molecule has 7 nitrogen and oxygen atoms in total. The van der Waals surface area contributed by atoms with Crippen LogP contribution in [-0.4, -0.2) is 52.7 Å². The second kappa shape index (κ2) is 8.98. The molecule has 2 heterocycles. The number of rotatable bonds is 6. The number of nitrogens with zero attached hydrogens (tertiary/aromatic N) is 3. The van der Waals surface area contributed by atoms with E-state index in [1.54, 1.807) is 0 Å². The van der Waals surface area contributed by atoms with Gasteiger partial charge in [0, 0.05) is 31.9 Å². The highest BCUT2D eigenvalue weighted by molar-refractivity contribution is 9.10. The minimum absolute atomic E-state index is 0.142. The van der Waals surface area contributed by atoms with Crippen LogP contribution in [0.4, 0.5) is 5.69 Å². The van der Waals surface area contributed by atoms with Gasteiger partial charge in [0.1, 0.15) is 12.4 Å². The van der Waals surface area contributed by atoms with E-state index < -0.39 is 5.97 Å². The highest BCUT2D eigenvalue weighted by Crippen LogP contribution is 2.24. The maximum atomic E-state index is 11.7. The molecule has 1 aliphatic heterocycles. The van der Waals surface area contributed by atoms with Crippen molar-refractivity contribution in [1.29, 1.82) is 0 Å². The number of halogens is 2. The monoisotopic (exact) mass is 460 g/mol. The molecule has 1 fully saturated rings. The zero-order valence-corrected chi connectivity index (χ0v) is 17.1. The topological polar surface area (TPSA) is 70.7 Å². The van der Waals surface area contributed by atoms with Crippen molar-refractivity contribution in [2.75, 3.05) is 37.1 Å². The Kier molecular flexibility index (Phi) is 6.68. The van der Waals surface area contributed by atoms with E-state index in [2.05, 4.69) is 43.8 Å². The summed E-state index contributed by atoms with van der Waals surface area (Å²) >= 11 is 13.1. The van der Waals surface area contributed by atoms with Crippen LogP contribution >= 0.6 is 40.3 Å². The second-order valence-electron chi connectivity index (χ2n) is 5.63. The molecule has 0 aliphatic carbocycles. The average Bonchev–Trinajstić information content (AvgIpc) is 3.02. The first-order valence-corrected chi connectivity index (χ1v) is 9.68. The summed E-state index contributed by atoms with van der Waals surface area (Å²) < 4.78 is 13.0. The number of aromatic nitrogens is 2. The minimum atomic E-state index is -0.597. The zero-order chi connectivity index (χ0) is 18.5. The SMILES string of the molecule is O=C(OCCl)c1n[nH]c(COc2ccc(N3CCN(S)CC3)cc2)c1Br. The van der Waals surface area contributed by atoms with Gasteiger partial charge in [0.05, 0.1) is 10.2 Å². The molecule has 140 valence electrons. The number of aromatic amines is 1. The fraction of sp³-hybridized carbons (Fsp3) is 0.375. The Labute approximate surface area is 170 Å². The molecule has 0 spiro atoms. The van der Waals surface area contributed by atoms with E-state index >= 15 is 0 Å². The Morgan fingerprint density at radius 1 is 1.27 bits per heavy atom. The van der Waals surface area contributed by atoms with E-state index in [4.69, 9.17) is 21.1 Å². The Morgan fingerprint density at radius 2 is 1.96 bits per heavy atom. The molecule has 26 heavy (non-hydrogen) atoms. The highest BCUT2D eigenvalue weighted by atomic mass is 79.9. The van der Waals surface area contributed by atoms with Crippen LogP contribution in [0.2, 0.25) is 0 Å². The smallest absolute Gasteiger partial charge is 0.361 e. The van der Waals surface area contributed by atoms with Gasteiger partial charge in [-0.25, -0.2) is 9.10 Å². The van der Waals surface area contributed by atoms with Crippen molar-refractivity contribution in [3.05, 3.63) is 40.1 Å². The van der Waals surface area contributed by atoms with Gasteiger partial charge in [-0.2, -0.15) is 5.10 Å². The van der Waals surface area contributed by atoms with Crippen LogP contribution in [0.3, 0.4) is 0 Å². The molecule has 0 saturated carbocycles. The first kappa shape index (κ1) is 19.3. The minimum Gasteiger partial charge on any atom is -0.487 e. The number of carbonyl (C=O) groups is 1. The maximum absolute atomic E-state index is 11.7. The maximum Gasteiger partial charge on any atom is 0.361 e. The summed E-state index contributed by atoms with van der Waals surface area (Å²) in [5.74, 6) is 0.132. The van der Waals surface area contributed by atoms with Crippen molar-refractivity contribution < 1.29 is 14.3 Å². The highest BCUT2D eigenvalue weighted by Gasteiger charge is 2.19. The van der Waals surface area contributed by atoms with Crippen molar-refractivity contribution in [3.8, 4) is 5.75 Å². The van der Waals surface area contributed by atoms with Gasteiger partial charge in [-0.1, -0.05) is 24.4 Å². The molecule has 0 radical (unpaired) electrons. The molecule has 3 rings (SSSR count). The lowest BCUT2D eigenvalue weighted by atomic mass is 10.2. The number of nitrogens with one attached hydrogen (secondary N) is 1. The summed E-state index contributed by atoms with van der Waals surface area (Å²) in [6, 6.07) is 7.70. The molecule has 10 heteroatoms. The van der Waals surface area contributed by atoms with E-state index in [9.17, 15) is 4.79 Å². The molecule has 0 bridgehead atoms. The van der Waals surface area contributed by atoms with Crippen LogP contribution in [0, 0.1) is 0 Å². The number of thiol groups is 1. The van der Waals surface area contributed by atoms with Gasteiger partial charge in [0.2, 0.25) is 0 Å². The first-order valence-electron chi connectivity index (χ1n) is 7.96. The van der Waals surface area contributed by atoms with Crippen molar-refractivity contribution in [3.63, 3.8) is 0 Å². The zero-order valence-electron chi connectivity index (χ0n) is 13.8. The molecular formula is C16H18BrClN4O3S. The Balaban J connectivity index is 1.58. The second-order valence-corrected chi connectivity index (χ2v) is 7.21. The average molecular weight is 462 g/mol. The molecule has 1 saturated heterocycles. The van der Waals surface area contributed by atoms with E-state index in [1.807, 2.05) is 28.6 Å². The van der Waals surface area contributed by atoms with Gasteiger partial charge in [-0.3, -0.25) is 5.10 Å². The van der Waals surface area contributed by atoms with Crippen LogP contribution < -0.4 is 9.64 Å². The third kappa shape index (κ3) is 4.64. The summed E-state index contributed by atoms with van der Waals surface area (Å²) in [7, 11) is 0. The number of benzene rings is 1. The molecule has 0 amide bonds. The standard InChI is InChI=1S/C16H18BrClN4O3S/c17-14-13(19-20-15(14)16(23)25-10-18)9-24-12-3-1-11(2-4-12)21-5-7-22(26)8-6-21/h1-4,26H,5-10H2,(H,19,20). The summed E-state index contributed by atoms with van der Waals surface area (Å²) in [6.45, 7) is 4.00. The lowest BCUT2D eigenvalue weighted by Crippen LogP contribution is -2.42. The number of anilines is 1. The van der Waals surface area contributed by atoms with Crippen LogP contribution in [0.25, 0.3) is 0 Å². The van der Waals surface area contributed by atoms with Gasteiger partial charge in [0.15, 0.2) is 11.8 Å². The summed E-state index contributed by atoms with van der Waals surface area (Å²) in [5, 5.41) is 6.69. The quantitative estimate of drug-likeness (QED) is 0.391. The number of hydrogen-bond donors (Lipinski definition) is 2. The van der Waals surface area contributed by atoms with Gasteiger partial charge in [-0.05, 0) is 40.2 Å². The van der Waals surface area contributed by atoms with Crippen LogP contribution in [0.1, 0.15) is 16.2 Å². The number of piperazine rings is 1. The molecule has 0 unspecified atom stereocenters.